The molecule has 2 unspecified atom stereocenters. The Labute approximate surface area is 187 Å². The van der Waals surface area contributed by atoms with Crippen molar-refractivity contribution in [3.63, 3.8) is 0 Å². The summed E-state index contributed by atoms with van der Waals surface area (Å²) in [5, 5.41) is 21.1. The first-order valence-electron chi connectivity index (χ1n) is 10.5. The van der Waals surface area contributed by atoms with Gasteiger partial charge in [-0.05, 0) is 48.6 Å². The molecule has 0 aliphatic heterocycles. The van der Waals surface area contributed by atoms with Crippen LogP contribution in [-0.4, -0.2) is 36.6 Å². The van der Waals surface area contributed by atoms with Crippen LogP contribution in [0.2, 0.25) is 0 Å². The molecule has 0 spiro atoms. The van der Waals surface area contributed by atoms with Gasteiger partial charge < -0.3 is 21.1 Å². The lowest BCUT2D eigenvalue weighted by atomic mass is 10.1. The van der Waals surface area contributed by atoms with E-state index in [1.165, 1.54) is 0 Å². The maximum atomic E-state index is 12.3. The SMILES string of the molecule is CCC(C)NC(=O)c1cccc(CNC(=NC)NCC(O)c2cc3ccccc3s2)c1. The Hall–Kier alpha value is -2.90. The Balaban J connectivity index is 1.53. The molecular weight excluding hydrogens is 408 g/mol. The van der Waals surface area contributed by atoms with Gasteiger partial charge in [0, 0.05) is 41.3 Å². The van der Waals surface area contributed by atoms with Crippen molar-refractivity contribution in [2.24, 2.45) is 4.99 Å². The van der Waals surface area contributed by atoms with Crippen LogP contribution in [0.15, 0.2) is 59.6 Å². The molecule has 1 aromatic heterocycles. The molecule has 164 valence electrons. The minimum absolute atomic E-state index is 0.0647. The van der Waals surface area contributed by atoms with Gasteiger partial charge in [-0.3, -0.25) is 9.79 Å². The van der Waals surface area contributed by atoms with Crippen LogP contribution < -0.4 is 16.0 Å². The molecule has 0 aliphatic carbocycles. The van der Waals surface area contributed by atoms with Gasteiger partial charge in [0.05, 0.1) is 0 Å². The third-order valence-electron chi connectivity index (χ3n) is 5.10. The first-order chi connectivity index (χ1) is 15.0. The van der Waals surface area contributed by atoms with Crippen LogP contribution in [0.25, 0.3) is 10.1 Å². The number of aliphatic imine (C=N–C) groups is 1. The van der Waals surface area contributed by atoms with Crippen LogP contribution in [0.4, 0.5) is 0 Å². The largest absolute Gasteiger partial charge is 0.386 e. The maximum absolute atomic E-state index is 12.3. The minimum Gasteiger partial charge on any atom is -0.386 e. The van der Waals surface area contributed by atoms with E-state index in [0.717, 1.165) is 26.9 Å². The van der Waals surface area contributed by atoms with E-state index in [4.69, 9.17) is 0 Å². The number of amides is 1. The van der Waals surface area contributed by atoms with Crippen molar-refractivity contribution in [1.82, 2.24) is 16.0 Å². The first kappa shape index (κ1) is 22.8. The Morgan fingerprint density at radius 3 is 2.68 bits per heavy atom. The van der Waals surface area contributed by atoms with Crippen LogP contribution in [0.3, 0.4) is 0 Å². The molecule has 0 radical (unpaired) electrons. The fourth-order valence-electron chi connectivity index (χ4n) is 3.10. The van der Waals surface area contributed by atoms with Gasteiger partial charge in [0.1, 0.15) is 6.10 Å². The van der Waals surface area contributed by atoms with Gasteiger partial charge in [-0.15, -0.1) is 11.3 Å². The second kappa shape index (κ2) is 10.9. The molecule has 0 fully saturated rings. The van der Waals surface area contributed by atoms with Crippen LogP contribution >= 0.6 is 11.3 Å². The summed E-state index contributed by atoms with van der Waals surface area (Å²) in [6, 6.07) is 17.8. The molecule has 2 aromatic carbocycles. The van der Waals surface area contributed by atoms with E-state index in [-0.39, 0.29) is 11.9 Å². The molecule has 1 amide bonds. The quantitative estimate of drug-likeness (QED) is 0.318. The fourth-order valence-corrected chi connectivity index (χ4v) is 4.15. The Morgan fingerprint density at radius 1 is 1.13 bits per heavy atom. The summed E-state index contributed by atoms with van der Waals surface area (Å²) in [4.78, 5) is 17.5. The van der Waals surface area contributed by atoms with Crippen molar-refractivity contribution in [3.8, 4) is 0 Å². The van der Waals surface area contributed by atoms with E-state index in [9.17, 15) is 9.90 Å². The predicted octanol–water partition coefficient (Wildman–Crippen LogP) is 3.83. The molecule has 0 aliphatic rings. The van der Waals surface area contributed by atoms with Gasteiger partial charge in [-0.25, -0.2) is 0 Å². The predicted molar refractivity (Wildman–Crippen MR) is 129 cm³/mol. The van der Waals surface area contributed by atoms with E-state index in [1.54, 1.807) is 18.4 Å². The number of nitrogens with zero attached hydrogens (tertiary/aromatic N) is 1. The van der Waals surface area contributed by atoms with Crippen LogP contribution in [0.1, 0.15) is 47.2 Å². The third kappa shape index (κ3) is 6.29. The number of thiophene rings is 1. The van der Waals surface area contributed by atoms with E-state index in [2.05, 4.69) is 27.0 Å². The number of guanidine groups is 1. The summed E-state index contributed by atoms with van der Waals surface area (Å²) in [5.74, 6) is 0.528. The number of rotatable bonds is 8. The molecule has 3 rings (SSSR count). The van der Waals surface area contributed by atoms with Gasteiger partial charge in [-0.1, -0.05) is 37.3 Å². The average Bonchev–Trinajstić information content (AvgIpc) is 3.23. The minimum atomic E-state index is -0.622. The standard InChI is InChI=1S/C24H30N4O2S/c1-4-16(2)28-23(30)19-10-7-8-17(12-19)14-26-24(25-3)27-15-20(29)22-13-18-9-5-6-11-21(18)31-22/h5-13,16,20,29H,4,14-15H2,1-3H3,(H,28,30)(H2,25,26,27). The molecule has 0 bridgehead atoms. The second-order valence-electron chi connectivity index (χ2n) is 7.49. The van der Waals surface area contributed by atoms with Gasteiger partial charge in [0.2, 0.25) is 0 Å². The van der Waals surface area contributed by atoms with Crippen molar-refractivity contribution >= 4 is 33.3 Å². The third-order valence-corrected chi connectivity index (χ3v) is 6.32. The van der Waals surface area contributed by atoms with Crippen molar-refractivity contribution in [3.05, 3.63) is 70.6 Å². The van der Waals surface area contributed by atoms with E-state index in [1.807, 2.05) is 62.4 Å². The zero-order chi connectivity index (χ0) is 22.2. The Kier molecular flexibility index (Phi) is 8.03. The molecule has 7 heteroatoms. The maximum Gasteiger partial charge on any atom is 0.251 e. The highest BCUT2D eigenvalue weighted by atomic mass is 32.1. The lowest BCUT2D eigenvalue weighted by Crippen LogP contribution is -2.39. The number of nitrogens with one attached hydrogen (secondary N) is 3. The van der Waals surface area contributed by atoms with Crippen LogP contribution in [0.5, 0.6) is 0 Å². The highest BCUT2D eigenvalue weighted by Gasteiger charge is 2.13. The molecule has 31 heavy (non-hydrogen) atoms. The lowest BCUT2D eigenvalue weighted by Gasteiger charge is -2.15. The number of fused-ring (bicyclic) bond motifs is 1. The summed E-state index contributed by atoms with van der Waals surface area (Å²) in [5.41, 5.74) is 1.62. The molecular formula is C24H30N4O2S. The monoisotopic (exact) mass is 438 g/mol. The summed E-state index contributed by atoms with van der Waals surface area (Å²) < 4.78 is 1.16. The number of aliphatic hydroxyl groups is 1. The highest BCUT2D eigenvalue weighted by Crippen LogP contribution is 2.29. The van der Waals surface area contributed by atoms with Crippen molar-refractivity contribution in [2.75, 3.05) is 13.6 Å². The number of hydrogen-bond donors (Lipinski definition) is 4. The zero-order valence-electron chi connectivity index (χ0n) is 18.2. The molecule has 0 saturated carbocycles. The molecule has 6 nitrogen and oxygen atoms in total. The van der Waals surface area contributed by atoms with E-state index < -0.39 is 6.10 Å². The topological polar surface area (TPSA) is 85.8 Å². The number of aliphatic hydroxyl groups excluding tert-OH is 1. The summed E-state index contributed by atoms with van der Waals surface area (Å²) in [6.45, 7) is 4.90. The van der Waals surface area contributed by atoms with Crippen molar-refractivity contribution < 1.29 is 9.90 Å². The lowest BCUT2D eigenvalue weighted by molar-refractivity contribution is 0.0939. The van der Waals surface area contributed by atoms with Crippen molar-refractivity contribution in [2.45, 2.75) is 39.0 Å². The molecule has 1 heterocycles. The summed E-state index contributed by atoms with van der Waals surface area (Å²) >= 11 is 1.60. The smallest absolute Gasteiger partial charge is 0.251 e. The fraction of sp³-hybridized carbons (Fsp3) is 0.333. The molecule has 4 N–H and O–H groups in total. The van der Waals surface area contributed by atoms with Gasteiger partial charge >= 0.3 is 0 Å². The first-order valence-corrected chi connectivity index (χ1v) is 11.3. The van der Waals surface area contributed by atoms with Gasteiger partial charge in [-0.2, -0.15) is 0 Å². The Morgan fingerprint density at radius 2 is 1.94 bits per heavy atom. The second-order valence-corrected chi connectivity index (χ2v) is 8.61. The summed E-state index contributed by atoms with van der Waals surface area (Å²) in [6.07, 6.45) is 0.269. The van der Waals surface area contributed by atoms with Gasteiger partial charge in [0.25, 0.3) is 5.91 Å². The molecule has 2 atom stereocenters. The number of carbonyl (C=O) groups excluding carboxylic acids is 1. The molecule has 0 saturated heterocycles. The van der Waals surface area contributed by atoms with Crippen LogP contribution in [-0.2, 0) is 6.54 Å². The number of carbonyl (C=O) groups is 1. The van der Waals surface area contributed by atoms with Crippen LogP contribution in [0, 0.1) is 0 Å². The van der Waals surface area contributed by atoms with E-state index in [0.29, 0.717) is 24.6 Å². The normalized spacial score (nSPS) is 13.6. The van der Waals surface area contributed by atoms with E-state index >= 15 is 0 Å². The van der Waals surface area contributed by atoms with Crippen molar-refractivity contribution in [1.29, 1.82) is 0 Å². The Bertz CT molecular complexity index is 1010. The van der Waals surface area contributed by atoms with Gasteiger partial charge in [0.15, 0.2) is 5.96 Å². The molecule has 3 aromatic rings. The summed E-state index contributed by atoms with van der Waals surface area (Å²) in [7, 11) is 1.69. The average molecular weight is 439 g/mol. The number of benzene rings is 2. The number of hydrogen-bond acceptors (Lipinski definition) is 4. The zero-order valence-corrected chi connectivity index (χ0v) is 19.0. The highest BCUT2D eigenvalue weighted by molar-refractivity contribution is 7.19.